The average molecular weight is 376 g/mol. The number of carbonyl (C=O) groups excluding carboxylic acids is 3. The highest BCUT2D eigenvalue weighted by molar-refractivity contribution is 6.28. The molecule has 0 bridgehead atoms. The second-order valence-corrected chi connectivity index (χ2v) is 6.05. The molecule has 28 heavy (non-hydrogen) atoms. The molecule has 0 aliphatic carbocycles. The number of hydrogen-bond donors (Lipinski definition) is 2. The van der Waals surface area contributed by atoms with Crippen LogP contribution in [0.2, 0.25) is 0 Å². The number of rotatable bonds is 6. The molecule has 0 spiro atoms. The van der Waals surface area contributed by atoms with E-state index in [4.69, 9.17) is 5.11 Å². The van der Waals surface area contributed by atoms with Crippen LogP contribution in [0.25, 0.3) is 0 Å². The monoisotopic (exact) mass is 376 g/mol. The Morgan fingerprint density at radius 1 is 0.857 bits per heavy atom. The number of aliphatic carboxylic acids is 1. The molecule has 7 heteroatoms. The molecule has 1 aliphatic rings. The number of imide groups is 1. The predicted molar refractivity (Wildman–Crippen MR) is 103 cm³/mol. The highest BCUT2D eigenvalue weighted by atomic mass is 16.4. The molecular weight excluding hydrogens is 360 g/mol. The Hall–Kier alpha value is -4.00. The van der Waals surface area contributed by atoms with Crippen molar-refractivity contribution in [2.24, 2.45) is 0 Å². The maximum Gasteiger partial charge on any atom is 0.328 e. The van der Waals surface area contributed by atoms with Gasteiger partial charge in [-0.25, -0.2) is 9.69 Å². The van der Waals surface area contributed by atoms with E-state index in [0.717, 1.165) is 28.2 Å². The van der Waals surface area contributed by atoms with Gasteiger partial charge in [-0.2, -0.15) is 0 Å². The first kappa shape index (κ1) is 18.8. The summed E-state index contributed by atoms with van der Waals surface area (Å²) in [7, 11) is 0. The SMILES string of the molecule is O=C(O)/C=C/C(=O)Nc1ccc(Cc2ccc(N3C(=O)C=CC3=O)cc2)cc1. The number of nitrogens with one attached hydrogen (secondary N) is 1. The fourth-order valence-electron chi connectivity index (χ4n) is 2.69. The fraction of sp³-hybridized carbons (Fsp3) is 0.0476. The van der Waals surface area contributed by atoms with Crippen molar-refractivity contribution in [3.8, 4) is 0 Å². The van der Waals surface area contributed by atoms with Gasteiger partial charge < -0.3 is 10.4 Å². The van der Waals surface area contributed by atoms with Crippen molar-refractivity contribution in [2.45, 2.75) is 6.42 Å². The van der Waals surface area contributed by atoms with Crippen molar-refractivity contribution in [2.75, 3.05) is 10.2 Å². The van der Waals surface area contributed by atoms with Crippen LogP contribution < -0.4 is 10.2 Å². The largest absolute Gasteiger partial charge is 0.478 e. The van der Waals surface area contributed by atoms with Crippen molar-refractivity contribution in [3.05, 3.63) is 84.0 Å². The van der Waals surface area contributed by atoms with Gasteiger partial charge in [0.25, 0.3) is 11.8 Å². The van der Waals surface area contributed by atoms with Crippen LogP contribution in [-0.4, -0.2) is 28.8 Å². The van der Waals surface area contributed by atoms with E-state index in [0.29, 0.717) is 17.8 Å². The first-order valence-corrected chi connectivity index (χ1v) is 8.38. The van der Waals surface area contributed by atoms with Gasteiger partial charge in [-0.3, -0.25) is 14.4 Å². The first-order valence-electron chi connectivity index (χ1n) is 8.38. The molecule has 0 atom stereocenters. The zero-order valence-electron chi connectivity index (χ0n) is 14.7. The normalized spacial score (nSPS) is 13.4. The van der Waals surface area contributed by atoms with Crippen molar-refractivity contribution in [1.82, 2.24) is 0 Å². The van der Waals surface area contributed by atoms with E-state index in [2.05, 4.69) is 5.32 Å². The van der Waals surface area contributed by atoms with Crippen LogP contribution in [-0.2, 0) is 25.6 Å². The minimum Gasteiger partial charge on any atom is -0.478 e. The van der Waals surface area contributed by atoms with E-state index < -0.39 is 11.9 Å². The molecular formula is C21H16N2O5. The van der Waals surface area contributed by atoms with Crippen molar-refractivity contribution < 1.29 is 24.3 Å². The van der Waals surface area contributed by atoms with Gasteiger partial charge in [0.1, 0.15) is 0 Å². The van der Waals surface area contributed by atoms with Gasteiger partial charge in [0.2, 0.25) is 5.91 Å². The summed E-state index contributed by atoms with van der Waals surface area (Å²) in [6, 6.07) is 14.3. The summed E-state index contributed by atoms with van der Waals surface area (Å²) in [5.41, 5.74) is 3.08. The zero-order valence-corrected chi connectivity index (χ0v) is 14.7. The number of carboxylic acid groups (broad SMARTS) is 1. The molecule has 0 saturated heterocycles. The van der Waals surface area contributed by atoms with Gasteiger partial charge in [0.15, 0.2) is 0 Å². The molecule has 0 saturated carbocycles. The number of nitrogens with zero attached hydrogens (tertiary/aromatic N) is 1. The second kappa shape index (κ2) is 8.13. The quantitative estimate of drug-likeness (QED) is 0.595. The molecule has 7 nitrogen and oxygen atoms in total. The minimum absolute atomic E-state index is 0.353. The minimum atomic E-state index is -1.19. The molecule has 0 aromatic heterocycles. The van der Waals surface area contributed by atoms with Crippen LogP contribution in [0.5, 0.6) is 0 Å². The van der Waals surface area contributed by atoms with Crippen LogP contribution in [0.15, 0.2) is 72.8 Å². The first-order chi connectivity index (χ1) is 13.4. The van der Waals surface area contributed by atoms with E-state index in [1.54, 1.807) is 24.3 Å². The third kappa shape index (κ3) is 4.59. The Bertz CT molecular complexity index is 970. The molecule has 0 unspecified atom stereocenters. The lowest BCUT2D eigenvalue weighted by Crippen LogP contribution is -2.29. The Morgan fingerprint density at radius 3 is 1.93 bits per heavy atom. The van der Waals surface area contributed by atoms with Crippen molar-refractivity contribution in [1.29, 1.82) is 0 Å². The summed E-state index contributed by atoms with van der Waals surface area (Å²) < 4.78 is 0. The van der Waals surface area contributed by atoms with Crippen LogP contribution in [0.4, 0.5) is 11.4 Å². The molecule has 2 aromatic rings. The second-order valence-electron chi connectivity index (χ2n) is 6.05. The predicted octanol–water partition coefficient (Wildman–Crippen LogP) is 2.29. The van der Waals surface area contributed by atoms with Gasteiger partial charge in [0.05, 0.1) is 5.69 Å². The van der Waals surface area contributed by atoms with Gasteiger partial charge in [-0.1, -0.05) is 24.3 Å². The lowest BCUT2D eigenvalue weighted by molar-refractivity contribution is -0.131. The standard InChI is InChI=1S/C21H16N2O5/c24-18(9-12-21(27)28)22-16-5-1-14(2-6-16)13-15-3-7-17(8-4-15)23-19(25)10-11-20(23)26/h1-12H,13H2,(H,22,24)(H,27,28)/b12-9+. The number of hydrogen-bond acceptors (Lipinski definition) is 4. The van der Waals surface area contributed by atoms with E-state index in [-0.39, 0.29) is 11.8 Å². The number of carboxylic acids is 1. The lowest BCUT2D eigenvalue weighted by atomic mass is 10.0. The Morgan fingerprint density at radius 2 is 1.39 bits per heavy atom. The lowest BCUT2D eigenvalue weighted by Gasteiger charge is -2.14. The average Bonchev–Trinajstić information content (AvgIpc) is 3.01. The molecule has 140 valence electrons. The summed E-state index contributed by atoms with van der Waals surface area (Å²) in [6.45, 7) is 0. The fourth-order valence-corrected chi connectivity index (χ4v) is 2.69. The molecule has 2 N–H and O–H groups in total. The van der Waals surface area contributed by atoms with Crippen LogP contribution in [0.3, 0.4) is 0 Å². The molecule has 3 amide bonds. The molecule has 2 aromatic carbocycles. The third-order valence-corrected chi connectivity index (χ3v) is 4.01. The van der Waals surface area contributed by atoms with E-state index in [9.17, 15) is 19.2 Å². The smallest absolute Gasteiger partial charge is 0.328 e. The maximum absolute atomic E-state index is 11.7. The topological polar surface area (TPSA) is 104 Å². The van der Waals surface area contributed by atoms with Crippen molar-refractivity contribution >= 4 is 35.1 Å². The van der Waals surface area contributed by atoms with Gasteiger partial charge in [-0.15, -0.1) is 0 Å². The summed E-state index contributed by atoms with van der Waals surface area (Å²) in [5, 5.41) is 11.1. The maximum atomic E-state index is 11.7. The Kier molecular flexibility index (Phi) is 5.45. The highest BCUT2D eigenvalue weighted by Crippen LogP contribution is 2.21. The third-order valence-electron chi connectivity index (χ3n) is 4.01. The molecule has 0 radical (unpaired) electrons. The summed E-state index contributed by atoms with van der Waals surface area (Å²) in [6.07, 6.45) is 4.84. The number of benzene rings is 2. The Balaban J connectivity index is 1.61. The zero-order chi connectivity index (χ0) is 20.1. The van der Waals surface area contributed by atoms with Gasteiger partial charge >= 0.3 is 5.97 Å². The van der Waals surface area contributed by atoms with Crippen LogP contribution >= 0.6 is 0 Å². The van der Waals surface area contributed by atoms with E-state index >= 15 is 0 Å². The van der Waals surface area contributed by atoms with Crippen molar-refractivity contribution in [3.63, 3.8) is 0 Å². The summed E-state index contributed by atoms with van der Waals surface area (Å²) >= 11 is 0. The van der Waals surface area contributed by atoms with Gasteiger partial charge in [-0.05, 0) is 41.8 Å². The van der Waals surface area contributed by atoms with Gasteiger partial charge in [0, 0.05) is 30.0 Å². The summed E-state index contributed by atoms with van der Waals surface area (Å²) in [5.74, 6) is -2.42. The molecule has 1 heterocycles. The number of carbonyl (C=O) groups is 4. The Labute approximate surface area is 160 Å². The molecule has 1 aliphatic heterocycles. The van der Waals surface area contributed by atoms with E-state index in [1.807, 2.05) is 24.3 Å². The molecule has 3 rings (SSSR count). The van der Waals surface area contributed by atoms with Crippen LogP contribution in [0.1, 0.15) is 11.1 Å². The van der Waals surface area contributed by atoms with E-state index in [1.165, 1.54) is 12.2 Å². The highest BCUT2D eigenvalue weighted by Gasteiger charge is 2.24. The number of anilines is 2. The molecule has 0 fully saturated rings. The summed E-state index contributed by atoms with van der Waals surface area (Å²) in [4.78, 5) is 46.5. The van der Waals surface area contributed by atoms with Crippen LogP contribution in [0, 0.1) is 0 Å². The number of amides is 3.